The SMILES string of the molecule is C1=CCCC1.C[C@@H](C1CCCC1P(c1ccccc1)c1ccccc1)P(C(C)(C)C)C(C)(C)C.[CH3-].[CH3-].[Fe+2]. The summed E-state index contributed by atoms with van der Waals surface area (Å²) in [6, 6.07) is 22.8. The van der Waals surface area contributed by atoms with Crippen LogP contribution in [0.25, 0.3) is 0 Å². The van der Waals surface area contributed by atoms with E-state index in [1.807, 2.05) is 0 Å². The van der Waals surface area contributed by atoms with Crippen LogP contribution in [0.2, 0.25) is 0 Å². The molecule has 0 aromatic heterocycles. The van der Waals surface area contributed by atoms with E-state index in [4.69, 9.17) is 0 Å². The Kier molecular flexibility index (Phi) is 16.4. The molecule has 3 atom stereocenters. The van der Waals surface area contributed by atoms with Crippen molar-refractivity contribution in [3.63, 3.8) is 0 Å². The molecule has 0 radical (unpaired) electrons. The summed E-state index contributed by atoms with van der Waals surface area (Å²) in [6.45, 7) is 17.5. The molecule has 3 heteroatoms. The Morgan fingerprint density at radius 1 is 0.676 bits per heavy atom. The van der Waals surface area contributed by atoms with Gasteiger partial charge in [-0.15, -0.1) is 0 Å². The van der Waals surface area contributed by atoms with E-state index in [9.17, 15) is 0 Å². The van der Waals surface area contributed by atoms with Gasteiger partial charge in [-0.3, -0.25) is 0 Å². The van der Waals surface area contributed by atoms with Crippen molar-refractivity contribution in [1.29, 1.82) is 0 Å². The first-order chi connectivity index (χ1) is 16.1. The molecule has 0 amide bonds. The monoisotopic (exact) mass is 580 g/mol. The first-order valence-corrected chi connectivity index (χ1v) is 16.3. The van der Waals surface area contributed by atoms with Gasteiger partial charge in [0.15, 0.2) is 0 Å². The molecule has 2 unspecified atom stereocenters. The smallest absolute Gasteiger partial charge is 0.358 e. The maximum absolute atomic E-state index is 2.61. The van der Waals surface area contributed by atoms with Gasteiger partial charge in [-0.25, -0.2) is 0 Å². The molecular formula is C34H54FeP2. The molecule has 1 fully saturated rings. The standard InChI is InChI=1S/C27H40P2.C5H8.2CH3.Fe/c1-21(29(26(2,3)4)27(5,6)7)24-19-14-20-25(24)28(22-15-10-8-11-16-22)23-17-12-9-13-18-23;1-2-4-5-3-1;;;/h8-13,15-18,21,24-25H,14,19-20H2,1-7H3;1-2H,3-5H2;2*1H3;/q;;2*-1;+2/t21-,24?,25?;;;;/m0..../s1. The second-order valence-electron chi connectivity index (χ2n) is 12.1. The van der Waals surface area contributed by atoms with E-state index in [0.29, 0.717) is 10.3 Å². The quantitative estimate of drug-likeness (QED) is 0.143. The average molecular weight is 581 g/mol. The summed E-state index contributed by atoms with van der Waals surface area (Å²) >= 11 is 0. The van der Waals surface area contributed by atoms with E-state index < -0.39 is 0 Å². The van der Waals surface area contributed by atoms with Gasteiger partial charge in [0.05, 0.1) is 0 Å². The van der Waals surface area contributed by atoms with Gasteiger partial charge in [-0.1, -0.05) is 136 Å². The number of benzene rings is 2. The summed E-state index contributed by atoms with van der Waals surface area (Å²) in [5.41, 5.74) is 1.61. The third-order valence-electron chi connectivity index (χ3n) is 7.31. The summed E-state index contributed by atoms with van der Waals surface area (Å²) in [7, 11) is -0.404. The fraction of sp³-hybridized carbons (Fsp3) is 0.529. The second kappa shape index (κ2) is 16.6. The Labute approximate surface area is 244 Å². The Balaban J connectivity index is 0.00000145. The molecule has 37 heavy (non-hydrogen) atoms. The normalized spacial score (nSPS) is 19.8. The van der Waals surface area contributed by atoms with Gasteiger partial charge in [-0.05, 0) is 78.2 Å². The van der Waals surface area contributed by atoms with Crippen molar-refractivity contribution >= 4 is 26.5 Å². The molecule has 4 rings (SSSR count). The minimum absolute atomic E-state index is 0. The zero-order chi connectivity index (χ0) is 24.8. The molecule has 2 aromatic rings. The number of hydrogen-bond donors (Lipinski definition) is 0. The summed E-state index contributed by atoms with van der Waals surface area (Å²) < 4.78 is 0. The van der Waals surface area contributed by atoms with Gasteiger partial charge in [0.1, 0.15) is 0 Å². The maximum Gasteiger partial charge on any atom is 2.00 e. The van der Waals surface area contributed by atoms with Crippen LogP contribution in [0.4, 0.5) is 0 Å². The molecule has 0 aliphatic heterocycles. The van der Waals surface area contributed by atoms with E-state index in [0.717, 1.165) is 17.2 Å². The first-order valence-electron chi connectivity index (χ1n) is 13.4. The summed E-state index contributed by atoms with van der Waals surface area (Å²) in [5, 5.41) is 3.91. The fourth-order valence-electron chi connectivity index (χ4n) is 6.57. The van der Waals surface area contributed by atoms with Crippen molar-refractivity contribution in [1.82, 2.24) is 0 Å². The molecule has 2 aliphatic carbocycles. The third-order valence-corrected chi connectivity index (χ3v) is 14.4. The van der Waals surface area contributed by atoms with Crippen LogP contribution in [0.15, 0.2) is 72.8 Å². The van der Waals surface area contributed by atoms with Crippen LogP contribution < -0.4 is 10.6 Å². The van der Waals surface area contributed by atoms with Crippen LogP contribution in [0.3, 0.4) is 0 Å². The predicted octanol–water partition coefficient (Wildman–Crippen LogP) is 10.4. The molecule has 2 aliphatic rings. The minimum atomic E-state index is -0.310. The van der Waals surface area contributed by atoms with Crippen LogP contribution in [0.1, 0.15) is 87.0 Å². The van der Waals surface area contributed by atoms with E-state index >= 15 is 0 Å². The zero-order valence-corrected chi connectivity index (χ0v) is 28.0. The molecule has 1 saturated carbocycles. The number of allylic oxidation sites excluding steroid dienone is 2. The Morgan fingerprint density at radius 2 is 1.11 bits per heavy atom. The maximum atomic E-state index is 2.61. The van der Waals surface area contributed by atoms with Crippen molar-refractivity contribution in [3.05, 3.63) is 87.7 Å². The Morgan fingerprint density at radius 3 is 1.46 bits per heavy atom. The van der Waals surface area contributed by atoms with Gasteiger partial charge < -0.3 is 14.9 Å². The molecule has 208 valence electrons. The molecule has 0 N–H and O–H groups in total. The molecule has 2 aromatic carbocycles. The number of hydrogen-bond acceptors (Lipinski definition) is 0. The van der Waals surface area contributed by atoms with Crippen LogP contribution in [0.5, 0.6) is 0 Å². The largest absolute Gasteiger partial charge is 2.00 e. The fourth-order valence-corrected chi connectivity index (χ4v) is 15.2. The summed E-state index contributed by atoms with van der Waals surface area (Å²) in [5.74, 6) is 0.839. The van der Waals surface area contributed by atoms with Gasteiger partial charge in [0, 0.05) is 0 Å². The average Bonchev–Trinajstić information content (AvgIpc) is 3.49. The summed E-state index contributed by atoms with van der Waals surface area (Å²) in [4.78, 5) is 0. The Hall–Kier alpha value is -0.441. The molecule has 0 bridgehead atoms. The molecule has 0 heterocycles. The van der Waals surface area contributed by atoms with E-state index in [2.05, 4.69) is 121 Å². The van der Waals surface area contributed by atoms with Gasteiger partial charge in [-0.2, -0.15) is 0 Å². The van der Waals surface area contributed by atoms with Crippen molar-refractivity contribution < 1.29 is 17.1 Å². The Bertz CT molecular complexity index is 820. The molecule has 0 saturated heterocycles. The van der Waals surface area contributed by atoms with E-state index in [1.165, 1.54) is 38.5 Å². The van der Waals surface area contributed by atoms with Gasteiger partial charge in [0.2, 0.25) is 0 Å². The number of rotatable bonds is 5. The van der Waals surface area contributed by atoms with Gasteiger partial charge >= 0.3 is 17.1 Å². The van der Waals surface area contributed by atoms with Crippen LogP contribution in [-0.4, -0.2) is 21.6 Å². The van der Waals surface area contributed by atoms with Crippen molar-refractivity contribution in [2.45, 2.75) is 109 Å². The molecule has 0 spiro atoms. The van der Waals surface area contributed by atoms with Crippen molar-refractivity contribution in [2.24, 2.45) is 5.92 Å². The van der Waals surface area contributed by atoms with Crippen LogP contribution in [0, 0.1) is 20.8 Å². The first kappa shape index (κ1) is 36.6. The second-order valence-corrected chi connectivity index (χ2v) is 18.7. The molecule has 0 nitrogen and oxygen atoms in total. The zero-order valence-electron chi connectivity index (χ0n) is 25.2. The van der Waals surface area contributed by atoms with Crippen LogP contribution >= 0.6 is 15.8 Å². The minimum Gasteiger partial charge on any atom is -0.358 e. The topological polar surface area (TPSA) is 0 Å². The van der Waals surface area contributed by atoms with Gasteiger partial charge in [0.25, 0.3) is 0 Å². The van der Waals surface area contributed by atoms with Crippen molar-refractivity contribution in [2.75, 3.05) is 0 Å². The third kappa shape index (κ3) is 10.2. The van der Waals surface area contributed by atoms with Crippen molar-refractivity contribution in [3.8, 4) is 0 Å². The van der Waals surface area contributed by atoms with E-state index in [1.54, 1.807) is 10.6 Å². The molecular weight excluding hydrogens is 526 g/mol. The van der Waals surface area contributed by atoms with E-state index in [-0.39, 0.29) is 47.8 Å². The predicted molar refractivity (Wildman–Crippen MR) is 172 cm³/mol. The summed E-state index contributed by atoms with van der Waals surface area (Å²) in [6.07, 6.45) is 12.7. The van der Waals surface area contributed by atoms with Crippen LogP contribution in [-0.2, 0) is 17.1 Å².